The van der Waals surface area contributed by atoms with Crippen molar-refractivity contribution in [1.82, 2.24) is 0 Å². The number of halogens is 2. The molecule has 0 nitrogen and oxygen atoms in total. The van der Waals surface area contributed by atoms with Crippen molar-refractivity contribution in [3.05, 3.63) is 30.3 Å². The Kier molecular flexibility index (Phi) is 9.06. The Labute approximate surface area is 115 Å². The molecule has 0 spiro atoms. The Bertz CT molecular complexity index is 245. The van der Waals surface area contributed by atoms with Gasteiger partial charge in [0, 0.05) is 0 Å². The van der Waals surface area contributed by atoms with Crippen LogP contribution in [-0.2, 0) is 0 Å². The average Bonchev–Trinajstić information content (AvgIpc) is 2.21. The first-order chi connectivity index (χ1) is 6.45. The summed E-state index contributed by atoms with van der Waals surface area (Å²) in [6.07, 6.45) is 7.55. The molecule has 1 saturated carbocycles. The van der Waals surface area contributed by atoms with Crippen LogP contribution in [0.3, 0.4) is 0 Å². The SMILES string of the molecule is [Cl-].[Cl-].c1cc[c]([Sn+2][CH]2CCCCC2)cc1. The average molecular weight is 350 g/mol. The van der Waals surface area contributed by atoms with Crippen LogP contribution >= 0.6 is 0 Å². The standard InChI is InChI=1S/C6H11.C6H5.2ClH.Sn/c2*1-2-4-6-5-3-1;;;/h1H,2-6H2;1-5H;2*1H;/q;;;;+2/p-2. The van der Waals surface area contributed by atoms with E-state index >= 15 is 0 Å². The summed E-state index contributed by atoms with van der Waals surface area (Å²) in [4.78, 5) is 0. The van der Waals surface area contributed by atoms with Gasteiger partial charge in [-0.3, -0.25) is 0 Å². The third-order valence-electron chi connectivity index (χ3n) is 2.75. The number of hydrogen-bond donors (Lipinski definition) is 0. The van der Waals surface area contributed by atoms with Crippen molar-refractivity contribution in [3.63, 3.8) is 0 Å². The van der Waals surface area contributed by atoms with Crippen LogP contribution in [0.15, 0.2) is 30.3 Å². The Morgan fingerprint density at radius 3 is 2.07 bits per heavy atom. The van der Waals surface area contributed by atoms with Crippen molar-refractivity contribution in [1.29, 1.82) is 0 Å². The number of rotatable bonds is 2. The quantitative estimate of drug-likeness (QED) is 0.493. The van der Waals surface area contributed by atoms with Crippen molar-refractivity contribution in [2.45, 2.75) is 36.0 Å². The van der Waals surface area contributed by atoms with E-state index in [1.807, 2.05) is 0 Å². The van der Waals surface area contributed by atoms with Crippen molar-refractivity contribution >= 4 is 24.7 Å². The van der Waals surface area contributed by atoms with Gasteiger partial charge >= 0.3 is 91.1 Å². The maximum atomic E-state index is 2.33. The van der Waals surface area contributed by atoms with E-state index in [4.69, 9.17) is 0 Å². The summed E-state index contributed by atoms with van der Waals surface area (Å²) >= 11 is -0.240. The minimum atomic E-state index is -0.240. The van der Waals surface area contributed by atoms with Gasteiger partial charge in [-0.25, -0.2) is 0 Å². The van der Waals surface area contributed by atoms with E-state index < -0.39 is 0 Å². The van der Waals surface area contributed by atoms with Gasteiger partial charge in [0.25, 0.3) is 0 Å². The summed E-state index contributed by atoms with van der Waals surface area (Å²) in [5, 5.41) is 0. The van der Waals surface area contributed by atoms with Gasteiger partial charge in [0.1, 0.15) is 0 Å². The fourth-order valence-corrected chi connectivity index (χ4v) is 6.45. The van der Waals surface area contributed by atoms with Crippen LogP contribution in [0.1, 0.15) is 32.1 Å². The van der Waals surface area contributed by atoms with E-state index in [0.29, 0.717) is 0 Å². The Hall–Kier alpha value is 0.599. The predicted molar refractivity (Wildman–Crippen MR) is 58.7 cm³/mol. The van der Waals surface area contributed by atoms with E-state index in [1.165, 1.54) is 32.1 Å². The van der Waals surface area contributed by atoms with E-state index in [1.54, 1.807) is 3.58 Å². The molecule has 0 bridgehead atoms. The molecule has 0 aliphatic heterocycles. The molecule has 1 aromatic carbocycles. The van der Waals surface area contributed by atoms with Crippen molar-refractivity contribution in [3.8, 4) is 0 Å². The van der Waals surface area contributed by atoms with Gasteiger partial charge in [-0.1, -0.05) is 0 Å². The summed E-state index contributed by atoms with van der Waals surface area (Å²) in [7, 11) is 0. The third kappa shape index (κ3) is 5.46. The molecule has 0 atom stereocenters. The molecule has 2 rings (SSSR count). The molecule has 15 heavy (non-hydrogen) atoms. The first-order valence-corrected chi connectivity index (χ1v) is 8.34. The minimum absolute atomic E-state index is 0. The van der Waals surface area contributed by atoms with Gasteiger partial charge in [0.05, 0.1) is 0 Å². The van der Waals surface area contributed by atoms with Crippen LogP contribution < -0.4 is 28.4 Å². The second kappa shape index (κ2) is 8.72. The molecule has 0 N–H and O–H groups in total. The van der Waals surface area contributed by atoms with E-state index in [9.17, 15) is 0 Å². The van der Waals surface area contributed by atoms with Gasteiger partial charge < -0.3 is 24.8 Å². The summed E-state index contributed by atoms with van der Waals surface area (Å²) in [6, 6.07) is 11.2. The van der Waals surface area contributed by atoms with Gasteiger partial charge in [-0.15, -0.1) is 0 Å². The van der Waals surface area contributed by atoms with Crippen LogP contribution in [0, 0.1) is 0 Å². The molecule has 3 heteroatoms. The zero-order valence-electron chi connectivity index (χ0n) is 8.76. The second-order valence-electron chi connectivity index (χ2n) is 3.85. The van der Waals surface area contributed by atoms with Crippen LogP contribution in [0.5, 0.6) is 0 Å². The summed E-state index contributed by atoms with van der Waals surface area (Å²) in [5.74, 6) is 0. The first-order valence-electron chi connectivity index (χ1n) is 5.27. The van der Waals surface area contributed by atoms with Crippen LogP contribution in [-0.4, -0.2) is 21.1 Å². The normalized spacial score (nSPS) is 15.7. The molecule has 0 aromatic heterocycles. The molecular formula is C12H16Cl2Sn. The summed E-state index contributed by atoms with van der Waals surface area (Å²) in [5.41, 5.74) is 0. The van der Waals surface area contributed by atoms with E-state index in [0.717, 1.165) is 3.93 Å². The van der Waals surface area contributed by atoms with Gasteiger partial charge in [-0.05, 0) is 0 Å². The monoisotopic (exact) mass is 350 g/mol. The zero-order valence-corrected chi connectivity index (χ0v) is 13.1. The molecule has 0 radical (unpaired) electrons. The van der Waals surface area contributed by atoms with Crippen LogP contribution in [0.4, 0.5) is 0 Å². The molecule has 0 heterocycles. The molecule has 0 unspecified atom stereocenters. The van der Waals surface area contributed by atoms with E-state index in [-0.39, 0.29) is 46.0 Å². The van der Waals surface area contributed by atoms with Gasteiger partial charge in [-0.2, -0.15) is 0 Å². The molecule has 1 fully saturated rings. The Morgan fingerprint density at radius 2 is 1.47 bits per heavy atom. The molecule has 1 aliphatic rings. The van der Waals surface area contributed by atoms with Gasteiger partial charge in [0.15, 0.2) is 0 Å². The Balaban J connectivity index is 0.000000980. The van der Waals surface area contributed by atoms with Crippen LogP contribution in [0.25, 0.3) is 0 Å². The molecule has 0 amide bonds. The van der Waals surface area contributed by atoms with Crippen LogP contribution in [0.2, 0.25) is 3.93 Å². The molecule has 0 saturated heterocycles. The number of hydrogen-bond acceptors (Lipinski definition) is 0. The van der Waals surface area contributed by atoms with E-state index in [2.05, 4.69) is 30.3 Å². The number of benzene rings is 1. The fraction of sp³-hybridized carbons (Fsp3) is 0.500. The zero-order chi connectivity index (χ0) is 8.93. The molecule has 1 aliphatic carbocycles. The first kappa shape index (κ1) is 15.6. The Morgan fingerprint density at radius 1 is 0.867 bits per heavy atom. The second-order valence-corrected chi connectivity index (χ2v) is 8.65. The molecule has 1 aromatic rings. The van der Waals surface area contributed by atoms with Gasteiger partial charge in [0.2, 0.25) is 0 Å². The molecule has 82 valence electrons. The fourth-order valence-electron chi connectivity index (χ4n) is 2.02. The summed E-state index contributed by atoms with van der Waals surface area (Å²) in [6.45, 7) is 0. The molecular weight excluding hydrogens is 334 g/mol. The maximum absolute atomic E-state index is 2.33. The van der Waals surface area contributed by atoms with Crippen molar-refractivity contribution in [2.24, 2.45) is 0 Å². The topological polar surface area (TPSA) is 0 Å². The summed E-state index contributed by atoms with van der Waals surface area (Å²) < 4.78 is 2.83. The predicted octanol–water partition coefficient (Wildman–Crippen LogP) is -3.22. The van der Waals surface area contributed by atoms with Crippen molar-refractivity contribution < 1.29 is 24.8 Å². The van der Waals surface area contributed by atoms with Crippen molar-refractivity contribution in [2.75, 3.05) is 0 Å². The third-order valence-corrected chi connectivity index (χ3v) is 7.47.